The molecule has 0 radical (unpaired) electrons. The largest absolute Gasteiger partial charge is 0.416 e. The molecular formula is C24H22F3N3O2. The molecule has 3 N–H and O–H groups in total. The predicted octanol–water partition coefficient (Wildman–Crippen LogP) is 6.73. The molecule has 166 valence electrons. The minimum absolute atomic E-state index is 0.00926. The Morgan fingerprint density at radius 3 is 2.28 bits per heavy atom. The zero-order valence-electron chi connectivity index (χ0n) is 17.5. The van der Waals surface area contributed by atoms with Crippen molar-refractivity contribution in [3.05, 3.63) is 89.5 Å². The maximum absolute atomic E-state index is 12.7. The highest BCUT2D eigenvalue weighted by atomic mass is 19.4. The summed E-state index contributed by atoms with van der Waals surface area (Å²) in [5.41, 5.74) is 2.51. The summed E-state index contributed by atoms with van der Waals surface area (Å²) in [4.78, 5) is 22.8. The van der Waals surface area contributed by atoms with Crippen molar-refractivity contribution in [2.45, 2.75) is 25.9 Å². The Labute approximate surface area is 183 Å². The maximum Gasteiger partial charge on any atom is 0.416 e. The predicted molar refractivity (Wildman–Crippen MR) is 119 cm³/mol. The van der Waals surface area contributed by atoms with Crippen molar-refractivity contribution >= 4 is 29.0 Å². The minimum Gasteiger partial charge on any atom is -0.322 e. The van der Waals surface area contributed by atoms with Gasteiger partial charge in [-0.1, -0.05) is 44.2 Å². The van der Waals surface area contributed by atoms with Gasteiger partial charge in [-0.15, -0.1) is 0 Å². The Hall–Kier alpha value is -3.81. The molecule has 8 heteroatoms. The lowest BCUT2D eigenvalue weighted by atomic mass is 10.0. The van der Waals surface area contributed by atoms with Gasteiger partial charge in [0.1, 0.15) is 0 Å². The number of nitrogens with one attached hydrogen (secondary N) is 3. The van der Waals surface area contributed by atoms with Gasteiger partial charge in [0.05, 0.1) is 5.56 Å². The lowest BCUT2D eigenvalue weighted by Gasteiger charge is -2.14. The quantitative estimate of drug-likeness (QED) is 0.422. The summed E-state index contributed by atoms with van der Waals surface area (Å²) in [5.74, 6) is 0.218. The first-order valence-electron chi connectivity index (χ1n) is 9.89. The lowest BCUT2D eigenvalue weighted by Crippen LogP contribution is -2.20. The van der Waals surface area contributed by atoms with Crippen LogP contribution in [0.2, 0.25) is 0 Å². The van der Waals surface area contributed by atoms with Crippen molar-refractivity contribution in [1.82, 2.24) is 0 Å². The molecule has 0 aliphatic carbocycles. The van der Waals surface area contributed by atoms with Gasteiger partial charge in [0.25, 0.3) is 5.91 Å². The van der Waals surface area contributed by atoms with E-state index in [0.717, 1.165) is 28.9 Å². The second-order valence-corrected chi connectivity index (χ2v) is 7.43. The van der Waals surface area contributed by atoms with Gasteiger partial charge in [0, 0.05) is 22.6 Å². The number of fused-ring (bicyclic) bond motifs is 2. The van der Waals surface area contributed by atoms with Gasteiger partial charge in [-0.2, -0.15) is 13.2 Å². The number of hydrogen-bond donors (Lipinski definition) is 3. The highest BCUT2D eigenvalue weighted by Gasteiger charge is 2.30. The van der Waals surface area contributed by atoms with E-state index in [2.05, 4.69) is 16.0 Å². The first kappa shape index (κ1) is 22.9. The van der Waals surface area contributed by atoms with Crippen LogP contribution in [-0.4, -0.2) is 11.9 Å². The first-order valence-corrected chi connectivity index (χ1v) is 9.89. The molecule has 3 aromatic carbocycles. The van der Waals surface area contributed by atoms with Crippen LogP contribution in [0.15, 0.2) is 72.8 Å². The average Bonchev–Trinajstić information content (AvgIpc) is 2.99. The second kappa shape index (κ2) is 9.55. The fourth-order valence-electron chi connectivity index (χ4n) is 3.11. The monoisotopic (exact) mass is 441 g/mol. The molecule has 0 saturated carbocycles. The molecule has 0 unspecified atom stereocenters. The number of alkyl halides is 3. The summed E-state index contributed by atoms with van der Waals surface area (Å²) in [5, 5.41) is 7.77. The van der Waals surface area contributed by atoms with Crippen LogP contribution in [0.4, 0.5) is 35.0 Å². The van der Waals surface area contributed by atoms with E-state index in [4.69, 9.17) is 0 Å². The molecule has 0 aromatic heterocycles. The van der Waals surface area contributed by atoms with Gasteiger partial charge in [-0.25, -0.2) is 4.79 Å². The molecule has 0 saturated heterocycles. The third-order valence-corrected chi connectivity index (χ3v) is 4.66. The molecule has 32 heavy (non-hydrogen) atoms. The Morgan fingerprint density at radius 2 is 1.62 bits per heavy atom. The molecule has 4 rings (SSSR count). The molecule has 0 atom stereocenters. The Kier molecular flexibility index (Phi) is 6.82. The van der Waals surface area contributed by atoms with Crippen molar-refractivity contribution in [3.8, 4) is 0 Å². The number of para-hydroxylation sites is 1. The van der Waals surface area contributed by atoms with Crippen LogP contribution < -0.4 is 16.0 Å². The molecule has 3 amide bonds. The molecule has 1 aliphatic rings. The van der Waals surface area contributed by atoms with E-state index in [1.54, 1.807) is 18.2 Å². The highest BCUT2D eigenvalue weighted by Crippen LogP contribution is 2.31. The minimum atomic E-state index is -4.45. The van der Waals surface area contributed by atoms with Crippen molar-refractivity contribution in [2.24, 2.45) is 0 Å². The summed E-state index contributed by atoms with van der Waals surface area (Å²) < 4.78 is 38.0. The third kappa shape index (κ3) is 5.87. The second-order valence-electron chi connectivity index (χ2n) is 7.43. The van der Waals surface area contributed by atoms with Crippen LogP contribution in [-0.2, 0) is 6.18 Å². The number of benzene rings is 3. The smallest absolute Gasteiger partial charge is 0.322 e. The van der Waals surface area contributed by atoms with Gasteiger partial charge in [-0.3, -0.25) is 4.79 Å². The molecule has 1 aliphatic heterocycles. The van der Waals surface area contributed by atoms with Crippen LogP contribution in [0.25, 0.3) is 0 Å². The maximum atomic E-state index is 12.7. The van der Waals surface area contributed by atoms with E-state index in [9.17, 15) is 22.8 Å². The molecule has 0 fully saturated rings. The lowest BCUT2D eigenvalue weighted by molar-refractivity contribution is -0.137. The standard InChI is InChI=1S/C17H17F3N2O.C7H5NO/c1-11(2)14-8-3-4-9-15(14)22-16(23)21-13-7-5-6-12(10-13)17(18,19)20;9-7-5-2-1-3-6(4-5)8-7/h3-11H,1-2H3,(H2,21,22,23);1-4H,(H,8,9). The van der Waals surface area contributed by atoms with E-state index in [-0.39, 0.29) is 17.5 Å². The fourth-order valence-corrected chi connectivity index (χ4v) is 3.11. The average molecular weight is 441 g/mol. The van der Waals surface area contributed by atoms with E-state index in [1.165, 1.54) is 12.1 Å². The Morgan fingerprint density at radius 1 is 0.906 bits per heavy atom. The summed E-state index contributed by atoms with van der Waals surface area (Å²) in [6, 6.07) is 18.6. The Bertz CT molecular complexity index is 1130. The highest BCUT2D eigenvalue weighted by molar-refractivity contribution is 6.09. The van der Waals surface area contributed by atoms with Crippen LogP contribution in [0.3, 0.4) is 0 Å². The molecular weight excluding hydrogens is 419 g/mol. The van der Waals surface area contributed by atoms with Crippen molar-refractivity contribution in [3.63, 3.8) is 0 Å². The van der Waals surface area contributed by atoms with Gasteiger partial charge in [0.2, 0.25) is 0 Å². The van der Waals surface area contributed by atoms with Gasteiger partial charge >= 0.3 is 12.2 Å². The zero-order valence-corrected chi connectivity index (χ0v) is 17.5. The number of rotatable bonds is 3. The van der Waals surface area contributed by atoms with Crippen molar-refractivity contribution < 1.29 is 22.8 Å². The van der Waals surface area contributed by atoms with Crippen LogP contribution in [0.1, 0.15) is 41.3 Å². The summed E-state index contributed by atoms with van der Waals surface area (Å²) >= 11 is 0. The van der Waals surface area contributed by atoms with Gasteiger partial charge < -0.3 is 16.0 Å². The van der Waals surface area contributed by atoms with E-state index >= 15 is 0 Å². The number of halogens is 3. The van der Waals surface area contributed by atoms with E-state index in [1.807, 2.05) is 44.2 Å². The van der Waals surface area contributed by atoms with Gasteiger partial charge in [-0.05, 0) is 53.9 Å². The normalized spacial score (nSPS) is 12.0. The fraction of sp³-hybridized carbons (Fsp3) is 0.167. The van der Waals surface area contributed by atoms with Gasteiger partial charge in [0.15, 0.2) is 0 Å². The zero-order chi connectivity index (χ0) is 23.3. The molecule has 0 spiro atoms. The third-order valence-electron chi connectivity index (χ3n) is 4.66. The van der Waals surface area contributed by atoms with Crippen LogP contribution >= 0.6 is 0 Å². The number of urea groups is 1. The Balaban J connectivity index is 0.000000264. The van der Waals surface area contributed by atoms with E-state index in [0.29, 0.717) is 5.69 Å². The summed E-state index contributed by atoms with van der Waals surface area (Å²) in [6.07, 6.45) is -4.45. The summed E-state index contributed by atoms with van der Waals surface area (Å²) in [6.45, 7) is 3.98. The van der Waals surface area contributed by atoms with Crippen molar-refractivity contribution in [1.29, 1.82) is 0 Å². The van der Waals surface area contributed by atoms with E-state index < -0.39 is 17.8 Å². The SMILES string of the molecule is CC(C)c1ccccc1NC(=O)Nc1cccc(C(F)(F)F)c1.O=C1Nc2cccc1c2. The molecule has 5 nitrogen and oxygen atoms in total. The molecule has 2 bridgehead atoms. The number of carbonyl (C=O) groups is 2. The van der Waals surface area contributed by atoms with Crippen LogP contribution in [0, 0.1) is 0 Å². The summed E-state index contributed by atoms with van der Waals surface area (Å²) in [7, 11) is 0. The van der Waals surface area contributed by atoms with Crippen LogP contribution in [0.5, 0.6) is 0 Å². The number of anilines is 3. The number of hydrogen-bond acceptors (Lipinski definition) is 2. The number of carbonyl (C=O) groups excluding carboxylic acids is 2. The van der Waals surface area contributed by atoms with Crippen molar-refractivity contribution in [2.75, 3.05) is 16.0 Å². The molecule has 1 heterocycles. The molecule has 3 aromatic rings. The first-order chi connectivity index (χ1) is 15.1. The number of amides is 3. The topological polar surface area (TPSA) is 70.2 Å².